The molecule has 2 rings (SSSR count). The predicted octanol–water partition coefficient (Wildman–Crippen LogP) is 3.69. The van der Waals surface area contributed by atoms with Crippen LogP contribution in [0.1, 0.15) is 44.9 Å². The van der Waals surface area contributed by atoms with Crippen LogP contribution in [0.5, 0.6) is 5.75 Å². The van der Waals surface area contributed by atoms with Gasteiger partial charge < -0.3 is 15.4 Å². The molecule has 20 heavy (non-hydrogen) atoms. The van der Waals surface area contributed by atoms with Gasteiger partial charge >= 0.3 is 0 Å². The number of nitrogens with zero attached hydrogens (tertiary/aromatic N) is 1. The first kappa shape index (κ1) is 15.2. The second-order valence-electron chi connectivity index (χ2n) is 5.90. The van der Waals surface area contributed by atoms with Gasteiger partial charge in [-0.2, -0.15) is 0 Å². The Labute approximate surface area is 123 Å². The highest BCUT2D eigenvalue weighted by Crippen LogP contribution is 2.21. The van der Waals surface area contributed by atoms with Crippen molar-refractivity contribution < 1.29 is 4.74 Å². The van der Waals surface area contributed by atoms with Crippen LogP contribution < -0.4 is 10.5 Å². The molecule has 1 saturated carbocycles. The molecule has 3 nitrogen and oxygen atoms in total. The Morgan fingerprint density at radius 3 is 2.65 bits per heavy atom. The number of rotatable bonds is 6. The van der Waals surface area contributed by atoms with E-state index in [9.17, 15) is 0 Å². The minimum absolute atomic E-state index is 0.762. The van der Waals surface area contributed by atoms with Crippen LogP contribution in [-0.4, -0.2) is 31.1 Å². The van der Waals surface area contributed by atoms with Crippen LogP contribution in [0, 0.1) is 0 Å². The van der Waals surface area contributed by atoms with E-state index in [4.69, 9.17) is 10.5 Å². The third-order valence-corrected chi connectivity index (χ3v) is 4.23. The Morgan fingerprint density at radius 2 is 1.95 bits per heavy atom. The molecule has 0 saturated heterocycles. The van der Waals surface area contributed by atoms with Crippen molar-refractivity contribution in [1.29, 1.82) is 0 Å². The minimum atomic E-state index is 0.762. The number of nitrogen functional groups attached to an aromatic ring is 1. The van der Waals surface area contributed by atoms with E-state index >= 15 is 0 Å². The van der Waals surface area contributed by atoms with Gasteiger partial charge in [-0.25, -0.2) is 0 Å². The lowest BCUT2D eigenvalue weighted by atomic mass is 10.1. The number of hydrogen-bond acceptors (Lipinski definition) is 3. The molecule has 0 bridgehead atoms. The van der Waals surface area contributed by atoms with Gasteiger partial charge in [0.2, 0.25) is 0 Å². The summed E-state index contributed by atoms with van der Waals surface area (Å²) in [4.78, 5) is 2.52. The van der Waals surface area contributed by atoms with Crippen molar-refractivity contribution in [1.82, 2.24) is 4.90 Å². The highest BCUT2D eigenvalue weighted by molar-refractivity contribution is 5.43. The Balaban J connectivity index is 1.64. The van der Waals surface area contributed by atoms with Crippen molar-refractivity contribution in [2.45, 2.75) is 51.0 Å². The van der Waals surface area contributed by atoms with Crippen molar-refractivity contribution in [3.8, 4) is 5.75 Å². The molecule has 0 amide bonds. The average Bonchev–Trinajstić information content (AvgIpc) is 2.72. The predicted molar refractivity (Wildman–Crippen MR) is 85.1 cm³/mol. The molecular weight excluding hydrogens is 248 g/mol. The number of anilines is 1. The number of nitrogens with two attached hydrogens (primary N) is 1. The third kappa shape index (κ3) is 5.04. The highest BCUT2D eigenvalue weighted by Gasteiger charge is 2.16. The largest absolute Gasteiger partial charge is 0.493 e. The van der Waals surface area contributed by atoms with Gasteiger partial charge in [0.1, 0.15) is 5.75 Å². The third-order valence-electron chi connectivity index (χ3n) is 4.23. The summed E-state index contributed by atoms with van der Waals surface area (Å²) in [6.07, 6.45) is 9.44. The lowest BCUT2D eigenvalue weighted by molar-refractivity contribution is 0.199. The van der Waals surface area contributed by atoms with Crippen LogP contribution in [0.2, 0.25) is 0 Å². The molecule has 2 N–H and O–H groups in total. The maximum absolute atomic E-state index is 5.74. The molecule has 3 heteroatoms. The van der Waals surface area contributed by atoms with Gasteiger partial charge in [0.15, 0.2) is 0 Å². The second-order valence-corrected chi connectivity index (χ2v) is 5.90. The lowest BCUT2D eigenvalue weighted by Crippen LogP contribution is -2.32. The molecule has 0 radical (unpaired) electrons. The highest BCUT2D eigenvalue weighted by atomic mass is 16.5. The van der Waals surface area contributed by atoms with Gasteiger partial charge in [-0.05, 0) is 38.4 Å². The summed E-state index contributed by atoms with van der Waals surface area (Å²) in [5.74, 6) is 0.877. The van der Waals surface area contributed by atoms with Crippen molar-refractivity contribution in [3.05, 3.63) is 24.3 Å². The van der Waals surface area contributed by atoms with Crippen LogP contribution in [0.25, 0.3) is 0 Å². The molecule has 0 aromatic heterocycles. The SMILES string of the molecule is CN(CCCOc1cccc(N)c1)C1CCCCCC1. The topological polar surface area (TPSA) is 38.5 Å². The van der Waals surface area contributed by atoms with Gasteiger partial charge in [-0.3, -0.25) is 0 Å². The normalized spacial score (nSPS) is 17.1. The van der Waals surface area contributed by atoms with Crippen LogP contribution in [0.4, 0.5) is 5.69 Å². The molecule has 0 atom stereocenters. The molecular formula is C17H28N2O. The van der Waals surface area contributed by atoms with Crippen LogP contribution in [-0.2, 0) is 0 Å². The van der Waals surface area contributed by atoms with Crippen LogP contribution >= 0.6 is 0 Å². The van der Waals surface area contributed by atoms with Crippen LogP contribution in [0.3, 0.4) is 0 Å². The van der Waals surface area contributed by atoms with E-state index in [-0.39, 0.29) is 0 Å². The molecule has 0 spiro atoms. The summed E-state index contributed by atoms with van der Waals surface area (Å²) >= 11 is 0. The summed E-state index contributed by atoms with van der Waals surface area (Å²) in [7, 11) is 2.26. The molecule has 1 aromatic carbocycles. The van der Waals surface area contributed by atoms with Crippen molar-refractivity contribution >= 4 is 5.69 Å². The quantitative estimate of drug-likeness (QED) is 0.489. The van der Waals surface area contributed by atoms with Gasteiger partial charge in [-0.15, -0.1) is 0 Å². The fourth-order valence-electron chi connectivity index (χ4n) is 2.99. The van der Waals surface area contributed by atoms with E-state index in [0.29, 0.717) is 0 Å². The number of benzene rings is 1. The standard InChI is InChI=1S/C17H28N2O/c1-19(16-9-4-2-3-5-10-16)12-7-13-20-17-11-6-8-15(18)14-17/h6,8,11,14,16H,2-5,7,9-10,12-13,18H2,1H3. The Kier molecular flexibility index (Phi) is 6.19. The van der Waals surface area contributed by atoms with Gasteiger partial charge in [0.05, 0.1) is 6.61 Å². The first-order chi connectivity index (χ1) is 9.75. The van der Waals surface area contributed by atoms with Crippen molar-refractivity contribution in [2.24, 2.45) is 0 Å². The lowest BCUT2D eigenvalue weighted by Gasteiger charge is -2.26. The van der Waals surface area contributed by atoms with Crippen molar-refractivity contribution in [3.63, 3.8) is 0 Å². The fourth-order valence-corrected chi connectivity index (χ4v) is 2.99. The molecule has 1 aromatic rings. The van der Waals surface area contributed by atoms with E-state index in [2.05, 4.69) is 11.9 Å². The zero-order valence-corrected chi connectivity index (χ0v) is 12.7. The van der Waals surface area contributed by atoms with Gasteiger partial charge in [-0.1, -0.05) is 31.7 Å². The molecule has 112 valence electrons. The monoisotopic (exact) mass is 276 g/mol. The first-order valence-electron chi connectivity index (χ1n) is 7.94. The smallest absolute Gasteiger partial charge is 0.121 e. The van der Waals surface area contributed by atoms with E-state index in [1.807, 2.05) is 24.3 Å². The molecule has 1 fully saturated rings. The zero-order chi connectivity index (χ0) is 14.2. The molecule has 0 unspecified atom stereocenters. The van der Waals surface area contributed by atoms with Gasteiger partial charge in [0, 0.05) is 24.3 Å². The van der Waals surface area contributed by atoms with E-state index < -0.39 is 0 Å². The minimum Gasteiger partial charge on any atom is -0.493 e. The Hall–Kier alpha value is -1.22. The molecule has 1 aliphatic carbocycles. The fraction of sp³-hybridized carbons (Fsp3) is 0.647. The van der Waals surface area contributed by atoms with Crippen LogP contribution in [0.15, 0.2) is 24.3 Å². The summed E-state index contributed by atoms with van der Waals surface area (Å²) in [6, 6.07) is 8.44. The summed E-state index contributed by atoms with van der Waals surface area (Å²) < 4.78 is 5.74. The van der Waals surface area contributed by atoms with E-state index in [1.165, 1.54) is 38.5 Å². The molecule has 1 aliphatic rings. The molecule has 0 aliphatic heterocycles. The van der Waals surface area contributed by atoms with E-state index in [1.54, 1.807) is 0 Å². The van der Waals surface area contributed by atoms with E-state index in [0.717, 1.165) is 37.1 Å². The zero-order valence-electron chi connectivity index (χ0n) is 12.7. The maximum Gasteiger partial charge on any atom is 0.121 e. The van der Waals surface area contributed by atoms with Gasteiger partial charge in [0.25, 0.3) is 0 Å². The Morgan fingerprint density at radius 1 is 1.20 bits per heavy atom. The average molecular weight is 276 g/mol. The first-order valence-corrected chi connectivity index (χ1v) is 7.94. The second kappa shape index (κ2) is 8.15. The Bertz CT molecular complexity index is 386. The summed E-state index contributed by atoms with van der Waals surface area (Å²) in [6.45, 7) is 1.88. The summed E-state index contributed by atoms with van der Waals surface area (Å²) in [5.41, 5.74) is 6.50. The maximum atomic E-state index is 5.74. The van der Waals surface area contributed by atoms with Crippen molar-refractivity contribution in [2.75, 3.05) is 25.9 Å². The summed E-state index contributed by atoms with van der Waals surface area (Å²) in [5, 5.41) is 0. The molecule has 0 heterocycles. The number of ether oxygens (including phenoxy) is 1. The number of hydrogen-bond donors (Lipinski definition) is 1.